The zero-order valence-electron chi connectivity index (χ0n) is 19.2. The molecule has 0 saturated carbocycles. The van der Waals surface area contributed by atoms with E-state index in [1.165, 1.54) is 57.8 Å². The van der Waals surface area contributed by atoms with Gasteiger partial charge in [0.1, 0.15) is 0 Å². The van der Waals surface area contributed by atoms with Gasteiger partial charge in [0.15, 0.2) is 5.92 Å². The average molecular weight is 383 g/mol. The fraction of sp³-hybridized carbons (Fsp3) is 0.905. The van der Waals surface area contributed by atoms with Crippen LogP contribution in [0.4, 0.5) is 0 Å². The monoisotopic (exact) mass is 382 g/mol. The number of hydrogen-bond acceptors (Lipinski definition) is 2. The first-order valence-electron chi connectivity index (χ1n) is 10.5. The molecule has 0 aromatic rings. The summed E-state index contributed by atoms with van der Waals surface area (Å²) in [6.07, 6.45) is 17.2. The topological polar surface area (TPSA) is 74.6 Å². The van der Waals surface area contributed by atoms with Gasteiger partial charge in [-0.25, -0.2) is 0 Å². The van der Waals surface area contributed by atoms with Gasteiger partial charge < -0.3 is 13.1 Å². The molecule has 1 atom stereocenters. The number of unbranched alkanes of at least 4 members (excludes halogenated alkanes) is 10. The molecule has 2 N–H and O–H groups in total. The van der Waals surface area contributed by atoms with Gasteiger partial charge in [0.25, 0.3) is 0 Å². The van der Waals surface area contributed by atoms with Crippen molar-refractivity contribution in [1.82, 2.24) is 0 Å². The minimum atomic E-state index is -1.25. The number of carbonyl (C=O) groups is 2. The van der Waals surface area contributed by atoms with Crippen LogP contribution in [0, 0.1) is 11.8 Å². The molecule has 152 valence electrons. The van der Waals surface area contributed by atoms with Crippen LogP contribution in [0.3, 0.4) is 0 Å². The molecule has 0 aliphatic carbocycles. The summed E-state index contributed by atoms with van der Waals surface area (Å²) in [5, 5.41) is 18.2. The normalized spacial score (nSPS) is 12.0. The van der Waals surface area contributed by atoms with Gasteiger partial charge in [-0.3, -0.25) is 9.59 Å². The maximum atomic E-state index is 11.1. The molecule has 0 aliphatic heterocycles. The molecule has 5 heteroatoms. The first kappa shape index (κ1) is 27.9. The Bertz CT molecular complexity index is 343. The first-order valence-corrected chi connectivity index (χ1v) is 10.5. The molecule has 0 spiro atoms. The predicted octanol–water partition coefficient (Wildman–Crippen LogP) is 6.12. The SMILES string of the molecule is CCCCCCCCCCCCC(CCCC)CC(C(=O)O)C(=O)O.[H-].[H-].[Mg+2]. The van der Waals surface area contributed by atoms with Crippen molar-refractivity contribution >= 4 is 35.0 Å². The summed E-state index contributed by atoms with van der Waals surface area (Å²) in [5.74, 6) is -3.41. The summed E-state index contributed by atoms with van der Waals surface area (Å²) in [6.45, 7) is 4.35. The molecule has 1 unspecified atom stereocenters. The van der Waals surface area contributed by atoms with E-state index >= 15 is 0 Å². The third-order valence-electron chi connectivity index (χ3n) is 5.10. The van der Waals surface area contributed by atoms with Crippen molar-refractivity contribution in [3.8, 4) is 0 Å². The van der Waals surface area contributed by atoms with E-state index in [9.17, 15) is 9.59 Å². The summed E-state index contributed by atoms with van der Waals surface area (Å²) < 4.78 is 0. The van der Waals surface area contributed by atoms with Gasteiger partial charge in [0.05, 0.1) is 0 Å². The van der Waals surface area contributed by atoms with Crippen LogP contribution in [-0.2, 0) is 9.59 Å². The van der Waals surface area contributed by atoms with E-state index in [-0.39, 0.29) is 38.2 Å². The van der Waals surface area contributed by atoms with Gasteiger partial charge in [-0.2, -0.15) is 0 Å². The molecular weight excluding hydrogens is 341 g/mol. The molecule has 26 heavy (non-hydrogen) atoms. The summed E-state index contributed by atoms with van der Waals surface area (Å²) in [6, 6.07) is 0. The number of rotatable bonds is 18. The Balaban J connectivity index is -0.000000960. The Hall–Kier alpha value is -0.294. The minimum Gasteiger partial charge on any atom is -1.00 e. The van der Waals surface area contributed by atoms with Crippen LogP contribution in [-0.4, -0.2) is 45.2 Å². The van der Waals surface area contributed by atoms with Crippen LogP contribution >= 0.6 is 0 Å². The quantitative estimate of drug-likeness (QED) is 0.170. The number of hydrogen-bond donors (Lipinski definition) is 2. The van der Waals surface area contributed by atoms with Gasteiger partial charge in [0.2, 0.25) is 0 Å². The van der Waals surface area contributed by atoms with E-state index in [1.54, 1.807) is 0 Å². The Morgan fingerprint density at radius 1 is 0.692 bits per heavy atom. The molecule has 0 saturated heterocycles. The smallest absolute Gasteiger partial charge is 1.00 e. The Morgan fingerprint density at radius 3 is 1.50 bits per heavy atom. The summed E-state index contributed by atoms with van der Waals surface area (Å²) >= 11 is 0. The van der Waals surface area contributed by atoms with E-state index in [0.29, 0.717) is 0 Å². The second-order valence-corrected chi connectivity index (χ2v) is 7.44. The summed E-state index contributed by atoms with van der Waals surface area (Å²) in [4.78, 5) is 22.2. The number of carboxylic acid groups (broad SMARTS) is 2. The molecule has 0 aromatic heterocycles. The molecule has 0 rings (SSSR count). The van der Waals surface area contributed by atoms with E-state index in [2.05, 4.69) is 13.8 Å². The number of carboxylic acids is 2. The Morgan fingerprint density at radius 2 is 1.08 bits per heavy atom. The first-order chi connectivity index (χ1) is 12.0. The fourth-order valence-electron chi connectivity index (χ4n) is 3.43. The van der Waals surface area contributed by atoms with Crippen molar-refractivity contribution in [1.29, 1.82) is 0 Å². The molecule has 0 amide bonds. The van der Waals surface area contributed by atoms with Crippen LogP contribution in [0.2, 0.25) is 0 Å². The average Bonchev–Trinajstić information content (AvgIpc) is 2.57. The standard InChI is InChI=1S/C21H40O4.Mg.2H/c1-3-5-7-8-9-10-11-12-13-14-16-18(15-6-4-2)17-19(20(22)23)21(24)25;;;/h18-19H,3-17H2,1-2H3,(H,22,23)(H,24,25);;;/q;+2;2*-1. The zero-order chi connectivity index (χ0) is 18.9. The van der Waals surface area contributed by atoms with E-state index in [0.717, 1.165) is 32.1 Å². The van der Waals surface area contributed by atoms with Gasteiger partial charge in [-0.15, -0.1) is 0 Å². The third-order valence-corrected chi connectivity index (χ3v) is 5.10. The molecule has 0 fully saturated rings. The second-order valence-electron chi connectivity index (χ2n) is 7.44. The number of aliphatic carboxylic acids is 2. The van der Waals surface area contributed by atoms with Gasteiger partial charge >= 0.3 is 35.0 Å². The summed E-state index contributed by atoms with van der Waals surface area (Å²) in [7, 11) is 0. The molecule has 0 radical (unpaired) electrons. The van der Waals surface area contributed by atoms with Crippen LogP contribution in [0.25, 0.3) is 0 Å². The maximum Gasteiger partial charge on any atom is 2.00 e. The minimum absolute atomic E-state index is 0. The van der Waals surface area contributed by atoms with Crippen molar-refractivity contribution in [2.75, 3.05) is 0 Å². The molecule has 0 aliphatic rings. The fourth-order valence-corrected chi connectivity index (χ4v) is 3.43. The predicted molar refractivity (Wildman–Crippen MR) is 111 cm³/mol. The van der Waals surface area contributed by atoms with Gasteiger partial charge in [0, 0.05) is 0 Å². The van der Waals surface area contributed by atoms with Crippen molar-refractivity contribution in [3.63, 3.8) is 0 Å². The Labute approximate surface area is 179 Å². The van der Waals surface area contributed by atoms with Crippen LogP contribution in [0.1, 0.15) is 113 Å². The van der Waals surface area contributed by atoms with E-state index in [4.69, 9.17) is 10.2 Å². The van der Waals surface area contributed by atoms with Gasteiger partial charge in [-0.1, -0.05) is 104 Å². The van der Waals surface area contributed by atoms with Crippen molar-refractivity contribution in [2.24, 2.45) is 11.8 Å². The summed E-state index contributed by atoms with van der Waals surface area (Å²) in [5.41, 5.74) is 0. The Kier molecular flexibility index (Phi) is 20.9. The molecule has 4 nitrogen and oxygen atoms in total. The van der Waals surface area contributed by atoms with Crippen molar-refractivity contribution in [3.05, 3.63) is 0 Å². The molecular formula is C21H42MgO4. The van der Waals surface area contributed by atoms with Crippen LogP contribution < -0.4 is 0 Å². The van der Waals surface area contributed by atoms with E-state index in [1.807, 2.05) is 0 Å². The van der Waals surface area contributed by atoms with Gasteiger partial charge in [-0.05, 0) is 12.3 Å². The zero-order valence-corrected chi connectivity index (χ0v) is 18.6. The van der Waals surface area contributed by atoms with Crippen molar-refractivity contribution < 1.29 is 22.7 Å². The molecule has 0 aromatic carbocycles. The largest absolute Gasteiger partial charge is 2.00 e. The maximum absolute atomic E-state index is 11.1. The van der Waals surface area contributed by atoms with Crippen molar-refractivity contribution in [2.45, 2.75) is 110 Å². The second kappa shape index (κ2) is 19.5. The van der Waals surface area contributed by atoms with Crippen LogP contribution in [0.5, 0.6) is 0 Å². The molecule has 0 bridgehead atoms. The molecule has 0 heterocycles. The van der Waals surface area contributed by atoms with Crippen LogP contribution in [0.15, 0.2) is 0 Å². The third kappa shape index (κ3) is 15.9. The van der Waals surface area contributed by atoms with E-state index < -0.39 is 17.9 Å².